The molecule has 1 atom stereocenters. The third-order valence-electron chi connectivity index (χ3n) is 4.20. The van der Waals surface area contributed by atoms with Gasteiger partial charge in [0.15, 0.2) is 6.61 Å². The number of ether oxygens (including phenoxy) is 1. The monoisotopic (exact) mass is 318 g/mol. The normalized spacial score (nSPS) is 15.7. The molecular formula is C18H26N2O3. The Kier molecular flexibility index (Phi) is 5.64. The van der Waals surface area contributed by atoms with E-state index in [1.807, 2.05) is 13.8 Å². The predicted octanol–water partition coefficient (Wildman–Crippen LogP) is 2.91. The lowest BCUT2D eigenvalue weighted by Crippen LogP contribution is -2.35. The van der Waals surface area contributed by atoms with Crippen molar-refractivity contribution in [2.45, 2.75) is 59.0 Å². The van der Waals surface area contributed by atoms with E-state index in [4.69, 9.17) is 4.74 Å². The van der Waals surface area contributed by atoms with Gasteiger partial charge < -0.3 is 14.6 Å². The second-order valence-corrected chi connectivity index (χ2v) is 6.25. The smallest absolute Gasteiger partial charge is 0.331 e. The number of aryl methyl sites for hydroxylation is 1. The molecular weight excluding hydrogens is 292 g/mol. The summed E-state index contributed by atoms with van der Waals surface area (Å²) in [5.74, 6) is -0.770. The minimum absolute atomic E-state index is 0.0876. The number of nitrogens with one attached hydrogen (secondary N) is 1. The summed E-state index contributed by atoms with van der Waals surface area (Å²) in [6.07, 6.45) is 6.45. The molecule has 0 spiro atoms. The number of aromatic nitrogens is 1. The molecule has 5 heteroatoms. The lowest BCUT2D eigenvalue weighted by molar-refractivity contribution is -0.144. The maximum atomic E-state index is 11.7. The highest BCUT2D eigenvalue weighted by molar-refractivity contribution is 5.89. The van der Waals surface area contributed by atoms with Crippen molar-refractivity contribution in [3.63, 3.8) is 0 Å². The second kappa shape index (κ2) is 7.49. The van der Waals surface area contributed by atoms with Crippen LogP contribution in [0.1, 0.15) is 56.1 Å². The highest BCUT2D eigenvalue weighted by Gasteiger charge is 2.26. The van der Waals surface area contributed by atoms with Gasteiger partial charge in [-0.2, -0.15) is 0 Å². The van der Waals surface area contributed by atoms with Gasteiger partial charge in [-0.25, -0.2) is 4.79 Å². The third-order valence-corrected chi connectivity index (χ3v) is 4.20. The van der Waals surface area contributed by atoms with Crippen LogP contribution < -0.4 is 5.32 Å². The van der Waals surface area contributed by atoms with Crippen LogP contribution in [0.2, 0.25) is 0 Å². The molecule has 23 heavy (non-hydrogen) atoms. The van der Waals surface area contributed by atoms with Crippen LogP contribution in [0, 0.1) is 13.8 Å². The van der Waals surface area contributed by atoms with Crippen molar-refractivity contribution in [3.8, 4) is 0 Å². The Hall–Kier alpha value is -2.04. The van der Waals surface area contributed by atoms with Gasteiger partial charge in [0, 0.05) is 29.5 Å². The number of nitrogens with zero attached hydrogens (tertiary/aromatic N) is 1. The fourth-order valence-corrected chi connectivity index (χ4v) is 2.63. The van der Waals surface area contributed by atoms with Crippen molar-refractivity contribution in [2.24, 2.45) is 0 Å². The Morgan fingerprint density at radius 3 is 2.74 bits per heavy atom. The molecule has 1 fully saturated rings. The van der Waals surface area contributed by atoms with Crippen LogP contribution in [0.25, 0.3) is 6.08 Å². The van der Waals surface area contributed by atoms with E-state index < -0.39 is 5.97 Å². The number of carbonyl (C=O) groups excluding carboxylic acids is 2. The minimum atomic E-state index is -0.500. The first-order valence-corrected chi connectivity index (χ1v) is 8.25. The minimum Gasteiger partial charge on any atom is -0.452 e. The molecule has 1 N–H and O–H groups in total. The van der Waals surface area contributed by atoms with E-state index in [9.17, 15) is 9.59 Å². The highest BCUT2D eigenvalue weighted by Crippen LogP contribution is 2.38. The molecule has 0 radical (unpaired) electrons. The van der Waals surface area contributed by atoms with E-state index in [1.54, 1.807) is 6.08 Å². The van der Waals surface area contributed by atoms with Gasteiger partial charge in [-0.1, -0.05) is 6.92 Å². The van der Waals surface area contributed by atoms with Crippen LogP contribution >= 0.6 is 0 Å². The highest BCUT2D eigenvalue weighted by atomic mass is 16.5. The number of hydrogen-bond acceptors (Lipinski definition) is 3. The molecule has 0 bridgehead atoms. The molecule has 5 nitrogen and oxygen atoms in total. The first kappa shape index (κ1) is 17.3. The van der Waals surface area contributed by atoms with Crippen LogP contribution in [-0.4, -0.2) is 29.1 Å². The molecule has 0 aliphatic heterocycles. The van der Waals surface area contributed by atoms with Crippen molar-refractivity contribution in [1.82, 2.24) is 9.88 Å². The average molecular weight is 318 g/mol. The van der Waals surface area contributed by atoms with Crippen LogP contribution in [-0.2, 0) is 14.3 Å². The van der Waals surface area contributed by atoms with Gasteiger partial charge in [-0.3, -0.25) is 4.79 Å². The standard InChI is InChI=1S/C18H26N2O3/c1-5-12(2)19-17(21)11-23-18(22)9-6-15-10-13(3)20(14(15)4)16-7-8-16/h6,9-10,12,16H,5,7-8,11H2,1-4H3,(H,19,21)/b9-6+/t12-/m0/s1. The van der Waals surface area contributed by atoms with Crippen LogP contribution in [0.5, 0.6) is 0 Å². The van der Waals surface area contributed by atoms with Crippen molar-refractivity contribution < 1.29 is 14.3 Å². The second-order valence-electron chi connectivity index (χ2n) is 6.25. The molecule has 0 aromatic carbocycles. The molecule has 1 aliphatic carbocycles. The predicted molar refractivity (Wildman–Crippen MR) is 90.1 cm³/mol. The van der Waals surface area contributed by atoms with Crippen LogP contribution in [0.4, 0.5) is 0 Å². The van der Waals surface area contributed by atoms with Gasteiger partial charge >= 0.3 is 5.97 Å². The number of esters is 1. The molecule has 126 valence electrons. The summed E-state index contributed by atoms with van der Waals surface area (Å²) in [5.41, 5.74) is 3.41. The van der Waals surface area contributed by atoms with Gasteiger partial charge in [0.05, 0.1) is 0 Å². The molecule has 1 aliphatic rings. The number of hydrogen-bond donors (Lipinski definition) is 1. The number of carbonyl (C=O) groups is 2. The van der Waals surface area contributed by atoms with Crippen LogP contribution in [0.15, 0.2) is 12.1 Å². The molecule has 1 heterocycles. The van der Waals surface area contributed by atoms with Gasteiger partial charge in [-0.15, -0.1) is 0 Å². The zero-order chi connectivity index (χ0) is 17.0. The van der Waals surface area contributed by atoms with Gasteiger partial charge in [-0.05, 0) is 57.7 Å². The van der Waals surface area contributed by atoms with Crippen molar-refractivity contribution >= 4 is 18.0 Å². The maximum Gasteiger partial charge on any atom is 0.331 e. The van der Waals surface area contributed by atoms with Crippen LogP contribution in [0.3, 0.4) is 0 Å². The topological polar surface area (TPSA) is 60.3 Å². The maximum absolute atomic E-state index is 11.7. The van der Waals surface area contributed by atoms with E-state index in [2.05, 4.69) is 29.8 Å². The van der Waals surface area contributed by atoms with Gasteiger partial charge in [0.25, 0.3) is 5.91 Å². The van der Waals surface area contributed by atoms with Gasteiger partial charge in [0.1, 0.15) is 0 Å². The van der Waals surface area contributed by atoms with Gasteiger partial charge in [0.2, 0.25) is 0 Å². The Bertz CT molecular complexity index is 612. The molecule has 2 rings (SSSR count). The van der Waals surface area contributed by atoms with E-state index in [1.165, 1.54) is 30.3 Å². The first-order valence-electron chi connectivity index (χ1n) is 8.25. The van der Waals surface area contributed by atoms with E-state index >= 15 is 0 Å². The third kappa shape index (κ3) is 4.71. The summed E-state index contributed by atoms with van der Waals surface area (Å²) in [4.78, 5) is 23.3. The van der Waals surface area contributed by atoms with Crippen molar-refractivity contribution in [2.75, 3.05) is 6.61 Å². The van der Waals surface area contributed by atoms with E-state index in [0.717, 1.165) is 12.0 Å². The van der Waals surface area contributed by atoms with Crippen molar-refractivity contribution in [1.29, 1.82) is 0 Å². The zero-order valence-corrected chi connectivity index (χ0v) is 14.4. The molecule has 0 saturated heterocycles. The number of rotatable bonds is 7. The summed E-state index contributed by atoms with van der Waals surface area (Å²) in [7, 11) is 0. The van der Waals surface area contributed by atoms with E-state index in [0.29, 0.717) is 6.04 Å². The molecule has 0 unspecified atom stereocenters. The fourth-order valence-electron chi connectivity index (χ4n) is 2.63. The summed E-state index contributed by atoms with van der Waals surface area (Å²) in [6.45, 7) is 7.80. The lowest BCUT2D eigenvalue weighted by Gasteiger charge is -2.10. The quantitative estimate of drug-likeness (QED) is 0.621. The summed E-state index contributed by atoms with van der Waals surface area (Å²) >= 11 is 0. The Balaban J connectivity index is 1.87. The average Bonchev–Trinajstić information content (AvgIpc) is 3.29. The Labute approximate surface area is 137 Å². The Morgan fingerprint density at radius 1 is 1.43 bits per heavy atom. The molecule has 1 aromatic heterocycles. The lowest BCUT2D eigenvalue weighted by atomic mass is 10.2. The Morgan fingerprint density at radius 2 is 2.13 bits per heavy atom. The summed E-state index contributed by atoms with van der Waals surface area (Å²) in [5, 5.41) is 2.75. The number of amides is 1. The summed E-state index contributed by atoms with van der Waals surface area (Å²) < 4.78 is 7.29. The molecule has 1 amide bonds. The fraction of sp³-hybridized carbons (Fsp3) is 0.556. The molecule has 1 saturated carbocycles. The largest absolute Gasteiger partial charge is 0.452 e. The first-order chi connectivity index (χ1) is 10.9. The summed E-state index contributed by atoms with van der Waals surface area (Å²) in [6, 6.07) is 2.78. The van der Waals surface area contributed by atoms with Crippen molar-refractivity contribution in [3.05, 3.63) is 29.1 Å². The van der Waals surface area contributed by atoms with E-state index in [-0.39, 0.29) is 18.6 Å². The zero-order valence-electron chi connectivity index (χ0n) is 14.4. The molecule has 1 aromatic rings. The SMILES string of the molecule is CC[C@H](C)NC(=O)COC(=O)/C=C/c1cc(C)n(C2CC2)c1C.